The maximum Gasteiger partial charge on any atom is 0.472 e. The van der Waals surface area contributed by atoms with Gasteiger partial charge in [-0.1, -0.05) is 338 Å². The van der Waals surface area contributed by atoms with Crippen LogP contribution in [0.25, 0.3) is 0 Å². The highest BCUT2D eigenvalue weighted by Gasteiger charge is 2.30. The minimum atomic E-state index is -4.96. The number of hydrogen-bond donors (Lipinski definition) is 3. The Morgan fingerprint density at radius 1 is 0.292 bits per heavy atom. The molecule has 6 atom stereocenters. The number of phosphoric acid groups is 2. The molecule has 0 fully saturated rings. The predicted octanol–water partition coefficient (Wildman–Crippen LogP) is 22.4. The largest absolute Gasteiger partial charge is 0.472 e. The fraction of sp³-hybridized carbons (Fsp3) is 0.948. The Hall–Kier alpha value is -1.94. The van der Waals surface area contributed by atoms with E-state index in [9.17, 15) is 43.2 Å². The van der Waals surface area contributed by atoms with Gasteiger partial charge < -0.3 is 33.8 Å². The van der Waals surface area contributed by atoms with Crippen LogP contribution in [0, 0.1) is 23.7 Å². The van der Waals surface area contributed by atoms with Gasteiger partial charge in [0.05, 0.1) is 26.4 Å². The molecule has 0 aliphatic carbocycles. The predicted molar refractivity (Wildman–Crippen MR) is 391 cm³/mol. The first kappa shape index (κ1) is 94.1. The quantitative estimate of drug-likeness (QED) is 0.0222. The van der Waals surface area contributed by atoms with Crippen molar-refractivity contribution in [3.05, 3.63) is 0 Å². The fourth-order valence-corrected chi connectivity index (χ4v) is 13.3. The number of carbonyl (C=O) groups excluding carboxylic acids is 4. The monoisotopic (exact) mass is 1410 g/mol. The van der Waals surface area contributed by atoms with E-state index >= 15 is 0 Å². The summed E-state index contributed by atoms with van der Waals surface area (Å²) in [6, 6.07) is 0. The summed E-state index contributed by atoms with van der Waals surface area (Å²) in [5.74, 6) is 0.918. The maximum absolute atomic E-state index is 13.1. The van der Waals surface area contributed by atoms with Crippen LogP contribution in [0.15, 0.2) is 0 Å². The summed E-state index contributed by atoms with van der Waals surface area (Å²) in [4.78, 5) is 72.8. The van der Waals surface area contributed by atoms with E-state index in [4.69, 9.17) is 37.0 Å². The van der Waals surface area contributed by atoms with Gasteiger partial charge >= 0.3 is 39.5 Å². The first-order chi connectivity index (χ1) is 46.1. The molecule has 17 nitrogen and oxygen atoms in total. The minimum absolute atomic E-state index is 0.106. The van der Waals surface area contributed by atoms with Gasteiger partial charge in [0.2, 0.25) is 0 Å². The number of unbranched alkanes of at least 4 members (excludes halogenated alkanes) is 39. The highest BCUT2D eigenvalue weighted by molar-refractivity contribution is 7.47. The molecule has 570 valence electrons. The highest BCUT2D eigenvalue weighted by atomic mass is 31.2. The average molecular weight is 1410 g/mol. The van der Waals surface area contributed by atoms with Crippen molar-refractivity contribution in [1.29, 1.82) is 0 Å². The van der Waals surface area contributed by atoms with Crippen molar-refractivity contribution >= 4 is 39.5 Å². The van der Waals surface area contributed by atoms with E-state index < -0.39 is 97.5 Å². The van der Waals surface area contributed by atoms with Crippen LogP contribution in [-0.4, -0.2) is 96.7 Å². The van der Waals surface area contributed by atoms with Crippen molar-refractivity contribution < 1.29 is 80.2 Å². The number of rotatable bonds is 74. The molecule has 0 rings (SSSR count). The Bertz CT molecular complexity index is 1890. The molecular weight excluding hydrogens is 1260 g/mol. The molecule has 0 spiro atoms. The highest BCUT2D eigenvalue weighted by Crippen LogP contribution is 2.45. The molecule has 0 bridgehead atoms. The first-order valence-corrected chi connectivity index (χ1v) is 42.7. The second-order valence-electron chi connectivity index (χ2n) is 29.4. The molecule has 0 amide bonds. The van der Waals surface area contributed by atoms with Crippen LogP contribution < -0.4 is 0 Å². The standard InChI is InChI=1S/C77H150O17P2/c1-9-70(8)56-48-40-35-36-42-50-58-75(80)88-64-73(94-77(82)60-52-44-33-27-23-19-15-14-17-21-25-30-38-46-54-68(4)5)66-92-96(85,86)90-62-71(78)61-89-95(83,84)91-65-72(63-87-74(79)57-49-41-34-28-31-39-47-55-69(6)7)93-76(81)59-51-43-32-26-22-18-13-11-10-12-16-20-24-29-37-45-53-67(2)3/h67-73,78H,9-66H2,1-8H3,(H,83,84)(H,85,86)/t70?,71?,72-,73-/m1/s1. The summed E-state index contributed by atoms with van der Waals surface area (Å²) in [6.45, 7) is 14.2. The van der Waals surface area contributed by atoms with Crippen molar-refractivity contribution in [2.24, 2.45) is 23.7 Å². The van der Waals surface area contributed by atoms with E-state index in [1.165, 1.54) is 180 Å². The van der Waals surface area contributed by atoms with Crippen LogP contribution in [0.4, 0.5) is 0 Å². The number of hydrogen-bond acceptors (Lipinski definition) is 15. The van der Waals surface area contributed by atoms with Crippen molar-refractivity contribution in [1.82, 2.24) is 0 Å². The Labute approximate surface area is 588 Å². The third kappa shape index (κ3) is 69.2. The fourth-order valence-electron chi connectivity index (χ4n) is 11.7. The SMILES string of the molecule is CCC(C)CCCCCCCCC(=O)OC[C@H](COP(=O)(O)OCC(O)COP(=O)(O)OC[C@@H](COC(=O)CCCCCCCCCC(C)C)OC(=O)CCCCCCCCCCCCCCCCCCC(C)C)OC(=O)CCCCCCCCCCCCCCCCC(C)C. The molecule has 0 aromatic heterocycles. The summed E-state index contributed by atoms with van der Waals surface area (Å²) in [7, 11) is -9.91. The van der Waals surface area contributed by atoms with Crippen molar-refractivity contribution in [2.45, 2.75) is 408 Å². The van der Waals surface area contributed by atoms with E-state index in [0.717, 1.165) is 120 Å². The van der Waals surface area contributed by atoms with Gasteiger partial charge in [-0.3, -0.25) is 37.3 Å². The van der Waals surface area contributed by atoms with Crippen molar-refractivity contribution in [3.63, 3.8) is 0 Å². The van der Waals surface area contributed by atoms with Crippen LogP contribution >= 0.6 is 15.6 Å². The van der Waals surface area contributed by atoms with E-state index in [1.807, 2.05) is 0 Å². The third-order valence-corrected chi connectivity index (χ3v) is 20.1. The molecule has 0 heterocycles. The van der Waals surface area contributed by atoms with Gasteiger partial charge in [0.1, 0.15) is 19.3 Å². The van der Waals surface area contributed by atoms with Gasteiger partial charge in [-0.15, -0.1) is 0 Å². The molecule has 19 heteroatoms. The summed E-state index contributed by atoms with van der Waals surface area (Å²) >= 11 is 0. The molecule has 0 aliphatic rings. The maximum atomic E-state index is 13.1. The Morgan fingerprint density at radius 3 is 0.740 bits per heavy atom. The van der Waals surface area contributed by atoms with Crippen LogP contribution in [0.2, 0.25) is 0 Å². The average Bonchev–Trinajstić information content (AvgIpc) is 3.74. The summed E-state index contributed by atoms with van der Waals surface area (Å²) in [5, 5.41) is 10.6. The normalized spacial score (nSPS) is 14.4. The number of esters is 4. The Balaban J connectivity index is 5.20. The Kier molecular flexibility index (Phi) is 65.0. The minimum Gasteiger partial charge on any atom is -0.462 e. The smallest absolute Gasteiger partial charge is 0.462 e. The molecule has 0 radical (unpaired) electrons. The molecule has 4 unspecified atom stereocenters. The van der Waals surface area contributed by atoms with E-state index in [-0.39, 0.29) is 25.7 Å². The summed E-state index contributed by atoms with van der Waals surface area (Å²) < 4.78 is 68.5. The second kappa shape index (κ2) is 66.3. The van der Waals surface area contributed by atoms with Crippen LogP contribution in [0.1, 0.15) is 389 Å². The molecule has 0 aromatic carbocycles. The van der Waals surface area contributed by atoms with Crippen LogP contribution in [0.5, 0.6) is 0 Å². The van der Waals surface area contributed by atoms with E-state index in [1.54, 1.807) is 0 Å². The van der Waals surface area contributed by atoms with Gasteiger partial charge in [0.15, 0.2) is 12.2 Å². The van der Waals surface area contributed by atoms with Gasteiger partial charge in [-0.25, -0.2) is 9.13 Å². The lowest BCUT2D eigenvalue weighted by Crippen LogP contribution is -2.30. The lowest BCUT2D eigenvalue weighted by Gasteiger charge is -2.21. The van der Waals surface area contributed by atoms with Crippen molar-refractivity contribution in [2.75, 3.05) is 39.6 Å². The summed E-state index contributed by atoms with van der Waals surface area (Å²) in [5.41, 5.74) is 0. The van der Waals surface area contributed by atoms with Gasteiger partial charge in [-0.2, -0.15) is 0 Å². The lowest BCUT2D eigenvalue weighted by molar-refractivity contribution is -0.161. The molecular formula is C77H150O17P2. The number of aliphatic hydroxyl groups excluding tert-OH is 1. The molecule has 0 saturated heterocycles. The van der Waals surface area contributed by atoms with Crippen LogP contribution in [-0.2, 0) is 65.4 Å². The molecule has 0 saturated carbocycles. The number of aliphatic hydroxyl groups is 1. The zero-order valence-corrected chi connectivity index (χ0v) is 64.8. The third-order valence-electron chi connectivity index (χ3n) is 18.2. The van der Waals surface area contributed by atoms with E-state index in [0.29, 0.717) is 31.6 Å². The van der Waals surface area contributed by atoms with Gasteiger partial charge in [0, 0.05) is 25.7 Å². The summed E-state index contributed by atoms with van der Waals surface area (Å²) in [6.07, 6.45) is 51.5. The van der Waals surface area contributed by atoms with Crippen LogP contribution in [0.3, 0.4) is 0 Å². The number of phosphoric ester groups is 2. The zero-order chi connectivity index (χ0) is 71.0. The number of carbonyl (C=O) groups is 4. The topological polar surface area (TPSA) is 237 Å². The molecule has 3 N–H and O–H groups in total. The molecule has 96 heavy (non-hydrogen) atoms. The number of ether oxygens (including phenoxy) is 4. The lowest BCUT2D eigenvalue weighted by atomic mass is 10.00. The Morgan fingerprint density at radius 2 is 0.500 bits per heavy atom. The van der Waals surface area contributed by atoms with E-state index in [2.05, 4.69) is 55.4 Å². The van der Waals surface area contributed by atoms with Gasteiger partial charge in [0.25, 0.3) is 0 Å². The molecule has 0 aromatic rings. The molecule has 0 aliphatic heterocycles. The van der Waals surface area contributed by atoms with Gasteiger partial charge in [-0.05, 0) is 49.4 Å². The first-order valence-electron chi connectivity index (χ1n) is 39.7. The van der Waals surface area contributed by atoms with Crippen molar-refractivity contribution in [3.8, 4) is 0 Å². The second-order valence-corrected chi connectivity index (χ2v) is 32.3. The zero-order valence-electron chi connectivity index (χ0n) is 63.0.